The molecule has 0 atom stereocenters. The number of hydrogen-bond donors (Lipinski definition) is 2. The van der Waals surface area contributed by atoms with Crippen LogP contribution in [0, 0.1) is 6.92 Å². The normalized spacial score (nSPS) is 9.90. The fourth-order valence-corrected chi connectivity index (χ4v) is 1.76. The van der Waals surface area contributed by atoms with Gasteiger partial charge in [0.25, 0.3) is 0 Å². The van der Waals surface area contributed by atoms with Crippen LogP contribution in [0.3, 0.4) is 0 Å². The molecule has 104 valence electrons. The van der Waals surface area contributed by atoms with Gasteiger partial charge < -0.3 is 15.4 Å². The highest BCUT2D eigenvalue weighted by molar-refractivity contribution is 5.93. The van der Waals surface area contributed by atoms with Crippen LogP contribution < -0.4 is 15.4 Å². The third kappa shape index (κ3) is 4.02. The van der Waals surface area contributed by atoms with Crippen LogP contribution in [0.5, 0.6) is 5.75 Å². The molecule has 1 amide bonds. The van der Waals surface area contributed by atoms with Gasteiger partial charge in [0.1, 0.15) is 5.75 Å². The molecule has 2 aromatic rings. The maximum Gasteiger partial charge on any atom is 0.243 e. The molecule has 2 aromatic carbocycles. The Balaban J connectivity index is 1.87. The Morgan fingerprint density at radius 2 is 1.85 bits per heavy atom. The number of nitrogens with one attached hydrogen (secondary N) is 2. The summed E-state index contributed by atoms with van der Waals surface area (Å²) < 4.78 is 5.13. The van der Waals surface area contributed by atoms with Crippen molar-refractivity contribution in [2.24, 2.45) is 0 Å². The second-order valence-electron chi connectivity index (χ2n) is 4.50. The fraction of sp³-hybridized carbons (Fsp3) is 0.188. The zero-order chi connectivity index (χ0) is 14.4. The molecule has 20 heavy (non-hydrogen) atoms. The summed E-state index contributed by atoms with van der Waals surface area (Å²) in [5.41, 5.74) is 2.81. The smallest absolute Gasteiger partial charge is 0.243 e. The van der Waals surface area contributed by atoms with Gasteiger partial charge in [0.2, 0.25) is 5.91 Å². The molecule has 2 rings (SSSR count). The molecule has 4 nitrogen and oxygen atoms in total. The first-order chi connectivity index (χ1) is 9.67. The average Bonchev–Trinajstić information content (AvgIpc) is 2.48. The average molecular weight is 270 g/mol. The molecular formula is C16H18N2O2. The molecule has 0 heterocycles. The largest absolute Gasteiger partial charge is 0.497 e. The Labute approximate surface area is 118 Å². The van der Waals surface area contributed by atoms with Gasteiger partial charge in [0, 0.05) is 17.4 Å². The molecule has 0 fully saturated rings. The van der Waals surface area contributed by atoms with Crippen LogP contribution >= 0.6 is 0 Å². The van der Waals surface area contributed by atoms with E-state index in [1.807, 2.05) is 55.5 Å². The second kappa shape index (κ2) is 6.61. The third-order valence-corrected chi connectivity index (χ3v) is 2.86. The van der Waals surface area contributed by atoms with Crippen LogP contribution in [0.1, 0.15) is 5.56 Å². The molecule has 0 unspecified atom stereocenters. The molecule has 0 spiro atoms. The number of anilines is 2. The van der Waals surface area contributed by atoms with E-state index in [1.165, 1.54) is 0 Å². The maximum absolute atomic E-state index is 11.8. The highest BCUT2D eigenvalue weighted by Crippen LogP contribution is 2.16. The Bertz CT molecular complexity index is 579. The molecular weight excluding hydrogens is 252 g/mol. The lowest BCUT2D eigenvalue weighted by atomic mass is 10.2. The number of ether oxygens (including phenoxy) is 1. The number of carbonyl (C=O) groups excluding carboxylic acids is 1. The predicted octanol–water partition coefficient (Wildman–Crippen LogP) is 3.05. The zero-order valence-electron chi connectivity index (χ0n) is 11.6. The van der Waals surface area contributed by atoms with Crippen LogP contribution in [-0.2, 0) is 4.79 Å². The summed E-state index contributed by atoms with van der Waals surface area (Å²) in [5.74, 6) is 0.672. The van der Waals surface area contributed by atoms with Gasteiger partial charge in [0.15, 0.2) is 0 Å². The summed E-state index contributed by atoms with van der Waals surface area (Å²) in [7, 11) is 1.61. The van der Waals surface area contributed by atoms with E-state index < -0.39 is 0 Å². The summed E-state index contributed by atoms with van der Waals surface area (Å²) >= 11 is 0. The van der Waals surface area contributed by atoms with E-state index >= 15 is 0 Å². The third-order valence-electron chi connectivity index (χ3n) is 2.86. The summed E-state index contributed by atoms with van der Waals surface area (Å²) in [5, 5.41) is 5.89. The lowest BCUT2D eigenvalue weighted by molar-refractivity contribution is -0.114. The first kappa shape index (κ1) is 13.9. The van der Waals surface area contributed by atoms with Crippen molar-refractivity contribution in [3.63, 3.8) is 0 Å². The molecule has 0 bridgehead atoms. The predicted molar refractivity (Wildman–Crippen MR) is 81.3 cm³/mol. The molecule has 0 aliphatic carbocycles. The SMILES string of the molecule is COc1cccc(NCC(=O)Nc2ccc(C)cc2)c1. The number of hydrogen-bond acceptors (Lipinski definition) is 3. The van der Waals surface area contributed by atoms with E-state index in [0.717, 1.165) is 22.7 Å². The van der Waals surface area contributed by atoms with Crippen LogP contribution in [0.15, 0.2) is 48.5 Å². The summed E-state index contributed by atoms with van der Waals surface area (Å²) in [6.45, 7) is 2.22. The second-order valence-corrected chi connectivity index (χ2v) is 4.50. The molecule has 4 heteroatoms. The number of benzene rings is 2. The van der Waals surface area contributed by atoms with Gasteiger partial charge in [-0.2, -0.15) is 0 Å². The van der Waals surface area contributed by atoms with Crippen LogP contribution in [0.4, 0.5) is 11.4 Å². The number of methoxy groups -OCH3 is 1. The van der Waals surface area contributed by atoms with Crippen molar-refractivity contribution >= 4 is 17.3 Å². The Kier molecular flexibility index (Phi) is 4.60. The van der Waals surface area contributed by atoms with E-state index in [2.05, 4.69) is 10.6 Å². The molecule has 0 aliphatic heterocycles. The fourth-order valence-electron chi connectivity index (χ4n) is 1.76. The number of rotatable bonds is 5. The van der Waals surface area contributed by atoms with Crippen LogP contribution in [0.25, 0.3) is 0 Å². The maximum atomic E-state index is 11.8. The van der Waals surface area contributed by atoms with E-state index in [0.29, 0.717) is 0 Å². The number of carbonyl (C=O) groups is 1. The van der Waals surface area contributed by atoms with Crippen molar-refractivity contribution < 1.29 is 9.53 Å². The van der Waals surface area contributed by atoms with Crippen LogP contribution in [0.2, 0.25) is 0 Å². The number of aryl methyl sites for hydroxylation is 1. The number of amides is 1. The van der Waals surface area contributed by atoms with Gasteiger partial charge in [0.05, 0.1) is 13.7 Å². The van der Waals surface area contributed by atoms with Gasteiger partial charge >= 0.3 is 0 Å². The summed E-state index contributed by atoms with van der Waals surface area (Å²) in [4.78, 5) is 11.8. The Morgan fingerprint density at radius 3 is 2.55 bits per heavy atom. The van der Waals surface area contributed by atoms with Crippen LogP contribution in [-0.4, -0.2) is 19.6 Å². The Morgan fingerprint density at radius 1 is 1.10 bits per heavy atom. The van der Waals surface area contributed by atoms with E-state index in [9.17, 15) is 4.79 Å². The van der Waals surface area contributed by atoms with E-state index in [4.69, 9.17) is 4.74 Å². The standard InChI is InChI=1S/C16H18N2O2/c1-12-6-8-13(9-7-12)18-16(19)11-17-14-4-3-5-15(10-14)20-2/h3-10,17H,11H2,1-2H3,(H,18,19). The topological polar surface area (TPSA) is 50.4 Å². The van der Waals surface area contributed by atoms with Gasteiger partial charge in [-0.25, -0.2) is 0 Å². The van der Waals surface area contributed by atoms with Crippen molar-refractivity contribution in [1.82, 2.24) is 0 Å². The van der Waals surface area contributed by atoms with Crippen molar-refractivity contribution in [1.29, 1.82) is 0 Å². The highest BCUT2D eigenvalue weighted by Gasteiger charge is 2.02. The van der Waals surface area contributed by atoms with Gasteiger partial charge in [-0.1, -0.05) is 23.8 Å². The van der Waals surface area contributed by atoms with E-state index in [-0.39, 0.29) is 12.5 Å². The van der Waals surface area contributed by atoms with Gasteiger partial charge in [-0.05, 0) is 31.2 Å². The first-order valence-corrected chi connectivity index (χ1v) is 6.42. The molecule has 0 aromatic heterocycles. The zero-order valence-corrected chi connectivity index (χ0v) is 11.6. The molecule has 0 radical (unpaired) electrons. The Hall–Kier alpha value is -2.49. The van der Waals surface area contributed by atoms with Gasteiger partial charge in [-0.15, -0.1) is 0 Å². The van der Waals surface area contributed by atoms with Crippen molar-refractivity contribution in [3.05, 3.63) is 54.1 Å². The minimum absolute atomic E-state index is 0.0864. The van der Waals surface area contributed by atoms with Gasteiger partial charge in [-0.3, -0.25) is 4.79 Å². The highest BCUT2D eigenvalue weighted by atomic mass is 16.5. The van der Waals surface area contributed by atoms with Crippen molar-refractivity contribution in [2.75, 3.05) is 24.3 Å². The minimum Gasteiger partial charge on any atom is -0.497 e. The summed E-state index contributed by atoms with van der Waals surface area (Å²) in [6, 6.07) is 15.2. The monoisotopic (exact) mass is 270 g/mol. The molecule has 0 saturated heterocycles. The van der Waals surface area contributed by atoms with E-state index in [1.54, 1.807) is 7.11 Å². The lowest BCUT2D eigenvalue weighted by Crippen LogP contribution is -2.21. The van der Waals surface area contributed by atoms with Crippen molar-refractivity contribution in [2.45, 2.75) is 6.92 Å². The first-order valence-electron chi connectivity index (χ1n) is 6.42. The lowest BCUT2D eigenvalue weighted by Gasteiger charge is -2.09. The summed E-state index contributed by atoms with van der Waals surface area (Å²) in [6.07, 6.45) is 0. The van der Waals surface area contributed by atoms with Crippen molar-refractivity contribution in [3.8, 4) is 5.75 Å². The minimum atomic E-state index is -0.0864. The quantitative estimate of drug-likeness (QED) is 0.878. The molecule has 2 N–H and O–H groups in total. The molecule has 0 saturated carbocycles. The molecule has 0 aliphatic rings.